The monoisotopic (exact) mass is 166 g/mol. The minimum atomic E-state index is -0.0694. The largest absolute Gasteiger partial charge is 0.211 e. The van der Waals surface area contributed by atoms with E-state index in [-0.39, 0.29) is 5.83 Å². The van der Waals surface area contributed by atoms with E-state index in [9.17, 15) is 4.39 Å². The van der Waals surface area contributed by atoms with Crippen LogP contribution in [0.2, 0.25) is 0 Å². The van der Waals surface area contributed by atoms with Gasteiger partial charge in [-0.1, -0.05) is 22.9 Å². The molecule has 0 nitrogen and oxygen atoms in total. The molecule has 0 unspecified atom stereocenters. The van der Waals surface area contributed by atoms with Gasteiger partial charge in [-0.2, -0.15) is 0 Å². The van der Waals surface area contributed by atoms with E-state index in [2.05, 4.69) is 15.9 Å². The molecule has 2 heteroatoms. The first-order valence-corrected chi connectivity index (χ1v) is 2.98. The van der Waals surface area contributed by atoms with Crippen molar-refractivity contribution >= 4 is 15.9 Å². The van der Waals surface area contributed by atoms with Crippen LogP contribution < -0.4 is 0 Å². The number of halogens is 2. The van der Waals surface area contributed by atoms with Crippen molar-refractivity contribution in [1.82, 2.24) is 0 Å². The molecule has 0 radical (unpaired) electrons. The fourth-order valence-corrected chi connectivity index (χ4v) is 0.524. The van der Waals surface area contributed by atoms with Gasteiger partial charge in [0, 0.05) is 4.48 Å². The predicted octanol–water partition coefficient (Wildman–Crippen LogP) is 2.99. The van der Waals surface area contributed by atoms with Gasteiger partial charge >= 0.3 is 0 Å². The molecule has 0 aliphatic rings. The van der Waals surface area contributed by atoms with E-state index in [4.69, 9.17) is 0 Å². The molecule has 0 aliphatic carbocycles. The highest BCUT2D eigenvalue weighted by molar-refractivity contribution is 9.11. The Hall–Kier alpha value is 0.150. The first-order valence-electron chi connectivity index (χ1n) is 2.19. The highest BCUT2D eigenvalue weighted by Gasteiger charge is 1.90. The van der Waals surface area contributed by atoms with Gasteiger partial charge in [0.2, 0.25) is 0 Å². The zero-order valence-electron chi connectivity index (χ0n) is 4.46. The second kappa shape index (κ2) is 3.19. The molecule has 0 spiro atoms. The van der Waals surface area contributed by atoms with Crippen molar-refractivity contribution in [2.75, 3.05) is 0 Å². The predicted molar refractivity (Wildman–Crippen MR) is 33.0 cm³/mol. The van der Waals surface area contributed by atoms with Gasteiger partial charge in [0.25, 0.3) is 0 Å². The molecule has 0 heterocycles. The molecule has 0 fully saturated rings. The van der Waals surface area contributed by atoms with Crippen LogP contribution in [-0.2, 0) is 0 Å². The molecule has 0 N–H and O–H groups in total. The lowest BCUT2D eigenvalue weighted by Gasteiger charge is -1.87. The van der Waals surface area contributed by atoms with Gasteiger partial charge in [-0.15, -0.1) is 0 Å². The van der Waals surface area contributed by atoms with Crippen molar-refractivity contribution in [2.45, 2.75) is 20.3 Å². The van der Waals surface area contributed by atoms with Crippen molar-refractivity contribution in [1.29, 1.82) is 0 Å². The maximum atomic E-state index is 12.1. The number of hydrogen-bond acceptors (Lipinski definition) is 0. The molecule has 42 valence electrons. The first kappa shape index (κ1) is 7.15. The zero-order chi connectivity index (χ0) is 5.86. The Labute approximate surface area is 51.5 Å². The Morgan fingerprint density at radius 3 is 2.14 bits per heavy atom. The molecule has 0 aromatic rings. The SMILES string of the molecule is CCC(F)=C(C)Br. The van der Waals surface area contributed by atoms with Gasteiger partial charge in [-0.05, 0) is 13.3 Å². The molecule has 0 saturated heterocycles. The number of hydrogen-bond donors (Lipinski definition) is 0. The van der Waals surface area contributed by atoms with E-state index in [0.717, 1.165) is 0 Å². The van der Waals surface area contributed by atoms with Gasteiger partial charge < -0.3 is 0 Å². The van der Waals surface area contributed by atoms with Crippen molar-refractivity contribution in [2.24, 2.45) is 0 Å². The first-order chi connectivity index (χ1) is 3.18. The lowest BCUT2D eigenvalue weighted by molar-refractivity contribution is 0.600. The Balaban J connectivity index is 3.72. The standard InChI is InChI=1S/C5H8BrF/c1-3-5(7)4(2)6/h3H2,1-2H3. The Morgan fingerprint density at radius 1 is 1.71 bits per heavy atom. The second-order valence-electron chi connectivity index (χ2n) is 1.29. The van der Waals surface area contributed by atoms with Crippen molar-refractivity contribution in [3.63, 3.8) is 0 Å². The van der Waals surface area contributed by atoms with E-state index in [0.29, 0.717) is 10.9 Å². The highest BCUT2D eigenvalue weighted by atomic mass is 79.9. The fraction of sp³-hybridized carbons (Fsp3) is 0.600. The lowest BCUT2D eigenvalue weighted by atomic mass is 10.4. The van der Waals surface area contributed by atoms with Crippen LogP contribution in [0.5, 0.6) is 0 Å². The smallest absolute Gasteiger partial charge is 0.109 e. The van der Waals surface area contributed by atoms with E-state index < -0.39 is 0 Å². The summed E-state index contributed by atoms with van der Waals surface area (Å²) in [6.45, 7) is 3.47. The van der Waals surface area contributed by atoms with Crippen molar-refractivity contribution in [3.05, 3.63) is 10.3 Å². The lowest BCUT2D eigenvalue weighted by Crippen LogP contribution is -1.67. The third kappa shape index (κ3) is 2.80. The Morgan fingerprint density at radius 2 is 2.14 bits per heavy atom. The van der Waals surface area contributed by atoms with Crippen LogP contribution in [-0.4, -0.2) is 0 Å². The van der Waals surface area contributed by atoms with Gasteiger partial charge in [0.1, 0.15) is 5.83 Å². The average molecular weight is 167 g/mol. The van der Waals surface area contributed by atoms with E-state index >= 15 is 0 Å². The van der Waals surface area contributed by atoms with Crippen LogP contribution in [0.3, 0.4) is 0 Å². The molecule has 0 aromatic heterocycles. The van der Waals surface area contributed by atoms with E-state index in [1.807, 2.05) is 0 Å². The number of rotatable bonds is 1. The van der Waals surface area contributed by atoms with E-state index in [1.54, 1.807) is 13.8 Å². The molecule has 0 rings (SSSR count). The van der Waals surface area contributed by atoms with Gasteiger partial charge in [-0.25, -0.2) is 4.39 Å². The maximum Gasteiger partial charge on any atom is 0.109 e. The van der Waals surface area contributed by atoms with Crippen molar-refractivity contribution in [3.8, 4) is 0 Å². The molecule has 0 saturated carbocycles. The summed E-state index contributed by atoms with van der Waals surface area (Å²) >= 11 is 3.00. The summed E-state index contributed by atoms with van der Waals surface area (Å²) in [6, 6.07) is 0. The molecule has 0 amide bonds. The van der Waals surface area contributed by atoms with Crippen LogP contribution in [0.15, 0.2) is 10.3 Å². The summed E-state index contributed by atoms with van der Waals surface area (Å²) in [5.74, 6) is -0.0694. The van der Waals surface area contributed by atoms with Gasteiger partial charge in [0.05, 0.1) is 0 Å². The van der Waals surface area contributed by atoms with Crippen LogP contribution in [0.25, 0.3) is 0 Å². The van der Waals surface area contributed by atoms with Crippen LogP contribution in [0.4, 0.5) is 4.39 Å². The third-order valence-electron chi connectivity index (χ3n) is 0.684. The Bertz CT molecular complexity index is 82.1. The quantitative estimate of drug-likeness (QED) is 0.563. The molecule has 7 heavy (non-hydrogen) atoms. The molecular formula is C5H8BrF. The summed E-state index contributed by atoms with van der Waals surface area (Å²) in [5, 5.41) is 0. The molecular weight excluding hydrogens is 159 g/mol. The summed E-state index contributed by atoms with van der Waals surface area (Å²) < 4.78 is 12.7. The molecule has 0 bridgehead atoms. The molecule has 0 aromatic carbocycles. The maximum absolute atomic E-state index is 12.1. The fourth-order valence-electron chi connectivity index (χ4n) is 0.244. The Kier molecular flexibility index (Phi) is 3.26. The summed E-state index contributed by atoms with van der Waals surface area (Å²) in [5.41, 5.74) is 0. The topological polar surface area (TPSA) is 0 Å². The molecule has 0 aliphatic heterocycles. The summed E-state index contributed by atoms with van der Waals surface area (Å²) in [4.78, 5) is 0. The van der Waals surface area contributed by atoms with Crippen LogP contribution >= 0.6 is 15.9 Å². The average Bonchev–Trinajstić information content (AvgIpc) is 1.65. The van der Waals surface area contributed by atoms with Gasteiger partial charge in [-0.3, -0.25) is 0 Å². The normalized spacial score (nSPS) is 13.7. The zero-order valence-corrected chi connectivity index (χ0v) is 6.05. The summed E-state index contributed by atoms with van der Waals surface area (Å²) in [7, 11) is 0. The molecule has 0 atom stereocenters. The third-order valence-corrected chi connectivity index (χ3v) is 1.11. The summed E-state index contributed by atoms with van der Waals surface area (Å²) in [6.07, 6.45) is 0.483. The minimum Gasteiger partial charge on any atom is -0.211 e. The number of allylic oxidation sites excluding steroid dienone is 2. The van der Waals surface area contributed by atoms with Crippen LogP contribution in [0, 0.1) is 0 Å². The highest BCUT2D eigenvalue weighted by Crippen LogP contribution is 2.13. The van der Waals surface area contributed by atoms with E-state index in [1.165, 1.54) is 0 Å². The van der Waals surface area contributed by atoms with Crippen LogP contribution in [0.1, 0.15) is 20.3 Å². The second-order valence-corrected chi connectivity index (χ2v) is 2.48. The van der Waals surface area contributed by atoms with Gasteiger partial charge in [0.15, 0.2) is 0 Å². The van der Waals surface area contributed by atoms with Crippen molar-refractivity contribution < 1.29 is 4.39 Å². The minimum absolute atomic E-state index is 0.0694.